The first-order valence-corrected chi connectivity index (χ1v) is 8.54. The molecule has 2 rings (SSSR count). The Morgan fingerprint density at radius 2 is 1.83 bits per heavy atom. The topological polar surface area (TPSA) is 57.6 Å². The number of benzene rings is 1. The van der Waals surface area contributed by atoms with Gasteiger partial charge in [-0.1, -0.05) is 18.2 Å². The number of alkyl halides is 3. The Morgan fingerprint density at radius 1 is 1.21 bits per heavy atom. The van der Waals surface area contributed by atoms with E-state index in [0.717, 1.165) is 5.56 Å². The molecule has 1 aliphatic rings. The second kappa shape index (κ2) is 7.92. The Morgan fingerprint density at radius 3 is 2.42 bits per heavy atom. The van der Waals surface area contributed by atoms with Crippen molar-refractivity contribution in [2.75, 3.05) is 18.8 Å². The van der Waals surface area contributed by atoms with Gasteiger partial charge in [-0.25, -0.2) is 4.79 Å². The van der Waals surface area contributed by atoms with Crippen LogP contribution in [0.15, 0.2) is 24.3 Å². The average Bonchev–Trinajstić information content (AvgIpc) is 2.53. The summed E-state index contributed by atoms with van der Waals surface area (Å²) < 4.78 is 36.4. The van der Waals surface area contributed by atoms with E-state index >= 15 is 0 Å². The van der Waals surface area contributed by atoms with Gasteiger partial charge in [0.2, 0.25) is 5.91 Å². The molecule has 1 heterocycles. The summed E-state index contributed by atoms with van der Waals surface area (Å²) in [4.78, 5) is 24.4. The second-order valence-electron chi connectivity index (χ2n) is 5.73. The van der Waals surface area contributed by atoms with E-state index in [0.29, 0.717) is 32.4 Å². The van der Waals surface area contributed by atoms with Gasteiger partial charge in [0.05, 0.1) is 11.3 Å². The zero-order valence-electron chi connectivity index (χ0n) is 12.9. The molecule has 0 atom stereocenters. The van der Waals surface area contributed by atoms with Crippen LogP contribution in [-0.2, 0) is 11.2 Å². The first-order chi connectivity index (χ1) is 11.3. The molecule has 1 fully saturated rings. The summed E-state index contributed by atoms with van der Waals surface area (Å²) in [7, 11) is 0. The smallest absolute Gasteiger partial charge is 0.442 e. The lowest BCUT2D eigenvalue weighted by molar-refractivity contribution is -0.129. The third-order valence-corrected chi connectivity index (χ3v) is 4.80. The molecule has 24 heavy (non-hydrogen) atoms. The van der Waals surface area contributed by atoms with E-state index in [1.54, 1.807) is 24.3 Å². The predicted molar refractivity (Wildman–Crippen MR) is 84.9 cm³/mol. The first kappa shape index (κ1) is 18.6. The van der Waals surface area contributed by atoms with Gasteiger partial charge in [0, 0.05) is 13.1 Å². The highest BCUT2D eigenvalue weighted by Crippen LogP contribution is 2.31. The number of carboxylic acid groups (broad SMARTS) is 1. The van der Waals surface area contributed by atoms with Gasteiger partial charge in [0.1, 0.15) is 0 Å². The van der Waals surface area contributed by atoms with Gasteiger partial charge in [-0.3, -0.25) is 4.79 Å². The van der Waals surface area contributed by atoms with Crippen LogP contribution < -0.4 is 0 Å². The zero-order valence-corrected chi connectivity index (χ0v) is 13.7. The lowest BCUT2D eigenvalue weighted by atomic mass is 9.88. The molecule has 1 N–H and O–H groups in total. The van der Waals surface area contributed by atoms with Gasteiger partial charge in [0.25, 0.3) is 0 Å². The Kier molecular flexibility index (Phi) is 6.15. The highest BCUT2D eigenvalue weighted by molar-refractivity contribution is 8.00. The molecule has 0 saturated carbocycles. The van der Waals surface area contributed by atoms with Crippen molar-refractivity contribution >= 4 is 23.6 Å². The summed E-state index contributed by atoms with van der Waals surface area (Å²) in [5, 5.41) is 9.19. The van der Waals surface area contributed by atoms with Crippen molar-refractivity contribution in [3.63, 3.8) is 0 Å². The molecular formula is C16H18F3NO3S. The lowest BCUT2D eigenvalue weighted by Crippen LogP contribution is -2.40. The molecule has 0 unspecified atom stereocenters. The van der Waals surface area contributed by atoms with Crippen LogP contribution in [0.25, 0.3) is 0 Å². The number of rotatable bonds is 5. The van der Waals surface area contributed by atoms with Crippen molar-refractivity contribution < 1.29 is 27.9 Å². The number of carbonyl (C=O) groups excluding carboxylic acids is 1. The van der Waals surface area contributed by atoms with Crippen molar-refractivity contribution in [1.82, 2.24) is 4.90 Å². The van der Waals surface area contributed by atoms with Crippen LogP contribution in [0.4, 0.5) is 13.2 Å². The summed E-state index contributed by atoms with van der Waals surface area (Å²) in [5.74, 6) is -1.83. The van der Waals surface area contributed by atoms with E-state index in [-0.39, 0.29) is 23.2 Å². The van der Waals surface area contributed by atoms with Crippen LogP contribution >= 0.6 is 11.8 Å². The lowest BCUT2D eigenvalue weighted by Gasteiger charge is -2.32. The van der Waals surface area contributed by atoms with Crippen LogP contribution in [-0.4, -0.2) is 46.2 Å². The number of carboxylic acids is 1. The monoisotopic (exact) mass is 361 g/mol. The number of thioether (sulfide) groups is 1. The number of halogens is 3. The fourth-order valence-electron chi connectivity index (χ4n) is 2.84. The summed E-state index contributed by atoms with van der Waals surface area (Å²) in [6, 6.07) is 6.80. The molecule has 1 saturated heterocycles. The van der Waals surface area contributed by atoms with Gasteiger partial charge in [-0.2, -0.15) is 13.2 Å². The van der Waals surface area contributed by atoms with Gasteiger partial charge in [0.15, 0.2) is 0 Å². The van der Waals surface area contributed by atoms with Crippen LogP contribution in [0.2, 0.25) is 0 Å². The predicted octanol–water partition coefficient (Wildman–Crippen LogP) is 3.42. The van der Waals surface area contributed by atoms with Crippen molar-refractivity contribution in [1.29, 1.82) is 0 Å². The third-order valence-electron chi connectivity index (χ3n) is 4.08. The number of aromatic carboxylic acids is 1. The standard InChI is InChI=1S/C16H18F3NO3S/c17-16(18,19)24-10-14(21)20-7-5-11(6-8-20)9-12-3-1-2-4-13(12)15(22)23/h1-4,11H,5-10H2,(H,22,23). The zero-order chi connectivity index (χ0) is 17.7. The Labute approximate surface area is 142 Å². The molecule has 8 heteroatoms. The number of likely N-dealkylation sites (tertiary alicyclic amines) is 1. The number of hydrogen-bond donors (Lipinski definition) is 1. The quantitative estimate of drug-likeness (QED) is 0.873. The van der Waals surface area contributed by atoms with Crippen molar-refractivity contribution in [2.24, 2.45) is 5.92 Å². The highest BCUT2D eigenvalue weighted by atomic mass is 32.2. The van der Waals surface area contributed by atoms with Gasteiger partial charge in [-0.15, -0.1) is 0 Å². The molecule has 0 aliphatic carbocycles. The molecule has 0 spiro atoms. The average molecular weight is 361 g/mol. The van der Waals surface area contributed by atoms with Crippen LogP contribution in [0.1, 0.15) is 28.8 Å². The van der Waals surface area contributed by atoms with Gasteiger partial charge in [-0.05, 0) is 48.6 Å². The van der Waals surface area contributed by atoms with E-state index in [1.165, 1.54) is 4.90 Å². The molecule has 0 aromatic heterocycles. The second-order valence-corrected chi connectivity index (χ2v) is 6.77. The Hall–Kier alpha value is -1.70. The fourth-order valence-corrected chi connectivity index (χ4v) is 3.31. The highest BCUT2D eigenvalue weighted by Gasteiger charge is 2.31. The van der Waals surface area contributed by atoms with Crippen molar-refractivity contribution in [3.8, 4) is 0 Å². The summed E-state index contributed by atoms with van der Waals surface area (Å²) in [6.45, 7) is 0.828. The normalized spacial score (nSPS) is 16.2. The maximum absolute atomic E-state index is 12.1. The SMILES string of the molecule is O=C(O)c1ccccc1CC1CCN(C(=O)CSC(F)(F)F)CC1. The molecule has 0 radical (unpaired) electrons. The van der Waals surface area contributed by atoms with E-state index in [2.05, 4.69) is 0 Å². The molecule has 1 aliphatic heterocycles. The van der Waals surface area contributed by atoms with E-state index < -0.39 is 23.1 Å². The van der Waals surface area contributed by atoms with Crippen LogP contribution in [0.5, 0.6) is 0 Å². The minimum Gasteiger partial charge on any atom is -0.478 e. The molecule has 0 bridgehead atoms. The summed E-state index contributed by atoms with van der Waals surface area (Å²) in [5.41, 5.74) is -3.37. The molecule has 1 aromatic rings. The summed E-state index contributed by atoms with van der Waals surface area (Å²) in [6.07, 6.45) is 1.93. The maximum Gasteiger partial charge on any atom is 0.442 e. The maximum atomic E-state index is 12.1. The fraction of sp³-hybridized carbons (Fsp3) is 0.500. The van der Waals surface area contributed by atoms with Gasteiger partial charge >= 0.3 is 11.5 Å². The number of carbonyl (C=O) groups is 2. The van der Waals surface area contributed by atoms with Crippen LogP contribution in [0.3, 0.4) is 0 Å². The molecule has 1 amide bonds. The number of nitrogens with zero attached hydrogens (tertiary/aromatic N) is 1. The third kappa shape index (κ3) is 5.43. The Bertz CT molecular complexity index is 598. The molecular weight excluding hydrogens is 343 g/mol. The van der Waals surface area contributed by atoms with Crippen LogP contribution in [0, 0.1) is 5.92 Å². The number of piperidine rings is 1. The minimum atomic E-state index is -4.39. The van der Waals surface area contributed by atoms with Gasteiger partial charge < -0.3 is 10.0 Å². The summed E-state index contributed by atoms with van der Waals surface area (Å²) >= 11 is -0.313. The number of amides is 1. The van der Waals surface area contributed by atoms with Crippen molar-refractivity contribution in [3.05, 3.63) is 35.4 Å². The first-order valence-electron chi connectivity index (χ1n) is 7.56. The molecule has 4 nitrogen and oxygen atoms in total. The van der Waals surface area contributed by atoms with E-state index in [9.17, 15) is 27.9 Å². The number of hydrogen-bond acceptors (Lipinski definition) is 3. The van der Waals surface area contributed by atoms with E-state index in [4.69, 9.17) is 0 Å². The Balaban J connectivity index is 1.85. The van der Waals surface area contributed by atoms with Crippen molar-refractivity contribution in [2.45, 2.75) is 24.8 Å². The van der Waals surface area contributed by atoms with E-state index in [1.807, 2.05) is 0 Å². The molecule has 1 aromatic carbocycles. The molecule has 132 valence electrons. The minimum absolute atomic E-state index is 0.227. The largest absolute Gasteiger partial charge is 0.478 e.